The van der Waals surface area contributed by atoms with Crippen LogP contribution in [-0.2, 0) is 4.74 Å². The van der Waals surface area contributed by atoms with E-state index in [9.17, 15) is 5.11 Å². The Balaban J connectivity index is 2.03. The third-order valence-corrected chi connectivity index (χ3v) is 3.49. The largest absolute Gasteiger partial charge is 0.394 e. The summed E-state index contributed by atoms with van der Waals surface area (Å²) < 4.78 is 7.27. The van der Waals surface area contributed by atoms with Gasteiger partial charge in [0.1, 0.15) is 12.3 Å². The lowest BCUT2D eigenvalue weighted by molar-refractivity contribution is -0.0432. The number of rotatable bonds is 3. The predicted molar refractivity (Wildman–Crippen MR) is 71.5 cm³/mol. The summed E-state index contributed by atoms with van der Waals surface area (Å²) in [6.45, 7) is -0.234. The molecule has 20 heavy (non-hydrogen) atoms. The molecule has 3 rings (SSSR count). The summed E-state index contributed by atoms with van der Waals surface area (Å²) in [7, 11) is 1.72. The summed E-state index contributed by atoms with van der Waals surface area (Å²) in [5.41, 5.74) is 1.09. The van der Waals surface area contributed by atoms with E-state index in [0.29, 0.717) is 23.4 Å². The zero-order valence-electron chi connectivity index (χ0n) is 10.7. The van der Waals surface area contributed by atoms with Crippen LogP contribution in [0.2, 0.25) is 5.28 Å². The van der Waals surface area contributed by atoms with Crippen molar-refractivity contribution in [3.05, 3.63) is 11.6 Å². The Morgan fingerprint density at radius 2 is 2.35 bits per heavy atom. The van der Waals surface area contributed by atoms with Crippen molar-refractivity contribution < 1.29 is 14.9 Å². The van der Waals surface area contributed by atoms with Crippen LogP contribution in [0.15, 0.2) is 6.33 Å². The number of hydrogen-bond donors (Lipinski definition) is 3. The van der Waals surface area contributed by atoms with Crippen LogP contribution in [0.4, 0.5) is 5.82 Å². The summed E-state index contributed by atoms with van der Waals surface area (Å²) >= 11 is 5.89. The average molecular weight is 300 g/mol. The Morgan fingerprint density at radius 3 is 3.00 bits per heavy atom. The number of imidazole rings is 1. The first-order valence-corrected chi connectivity index (χ1v) is 6.54. The van der Waals surface area contributed by atoms with Crippen LogP contribution < -0.4 is 5.32 Å². The monoisotopic (exact) mass is 299 g/mol. The highest BCUT2D eigenvalue weighted by Gasteiger charge is 2.35. The van der Waals surface area contributed by atoms with Gasteiger partial charge in [-0.1, -0.05) is 0 Å². The molecule has 108 valence electrons. The molecule has 1 aliphatic heterocycles. The minimum atomic E-state index is -0.719. The van der Waals surface area contributed by atoms with Crippen LogP contribution >= 0.6 is 11.6 Å². The molecule has 0 bridgehead atoms. The average Bonchev–Trinajstić information content (AvgIpc) is 3.00. The van der Waals surface area contributed by atoms with Gasteiger partial charge in [0.25, 0.3) is 0 Å². The second-order valence-corrected chi connectivity index (χ2v) is 4.87. The molecule has 2 aromatic rings. The van der Waals surface area contributed by atoms with Gasteiger partial charge >= 0.3 is 0 Å². The lowest BCUT2D eigenvalue weighted by Crippen LogP contribution is -2.24. The second kappa shape index (κ2) is 5.13. The lowest BCUT2D eigenvalue weighted by Gasteiger charge is -2.13. The smallest absolute Gasteiger partial charge is 0.226 e. The maximum Gasteiger partial charge on any atom is 0.226 e. The molecule has 1 aliphatic rings. The lowest BCUT2D eigenvalue weighted by atomic mass is 10.2. The quantitative estimate of drug-likeness (QED) is 0.693. The standard InChI is InChI=1S/C11H14ClN5O3/c1-13-9-8-10(16-11(12)15-9)17(4-14-8)7-2-5(19)6(3-18)20-7/h4-7,18-19H,2-3H2,1H3,(H,13,15,16)/t5-,6+,7-/m0/s1. The highest BCUT2D eigenvalue weighted by atomic mass is 35.5. The van der Waals surface area contributed by atoms with Gasteiger partial charge in [-0.3, -0.25) is 4.57 Å². The van der Waals surface area contributed by atoms with E-state index in [2.05, 4.69) is 20.3 Å². The van der Waals surface area contributed by atoms with E-state index in [4.69, 9.17) is 21.4 Å². The summed E-state index contributed by atoms with van der Waals surface area (Å²) in [6.07, 6.45) is 0.158. The summed E-state index contributed by atoms with van der Waals surface area (Å²) in [6, 6.07) is 0. The van der Waals surface area contributed by atoms with Crippen molar-refractivity contribution in [3.63, 3.8) is 0 Å². The number of halogens is 1. The third kappa shape index (κ3) is 2.10. The first-order valence-electron chi connectivity index (χ1n) is 6.16. The van der Waals surface area contributed by atoms with Crippen molar-refractivity contribution in [2.24, 2.45) is 0 Å². The Kier molecular flexibility index (Phi) is 3.47. The number of aliphatic hydroxyl groups excluding tert-OH is 2. The van der Waals surface area contributed by atoms with Gasteiger partial charge in [0.2, 0.25) is 5.28 Å². The van der Waals surface area contributed by atoms with Crippen molar-refractivity contribution in [2.75, 3.05) is 19.0 Å². The molecule has 2 aromatic heterocycles. The van der Waals surface area contributed by atoms with Gasteiger partial charge in [-0.25, -0.2) is 4.98 Å². The Morgan fingerprint density at radius 1 is 1.55 bits per heavy atom. The van der Waals surface area contributed by atoms with Crippen LogP contribution in [0.25, 0.3) is 11.2 Å². The third-order valence-electron chi connectivity index (χ3n) is 3.33. The SMILES string of the molecule is CNc1nc(Cl)nc2c1ncn2[C@@H]1C[C@H](O)[C@@H](CO)O1. The molecule has 1 saturated heterocycles. The summed E-state index contributed by atoms with van der Waals surface area (Å²) in [4.78, 5) is 12.4. The molecule has 0 amide bonds. The van der Waals surface area contributed by atoms with Gasteiger partial charge in [-0.15, -0.1) is 0 Å². The number of fused-ring (bicyclic) bond motifs is 1. The molecular weight excluding hydrogens is 286 g/mol. The zero-order valence-corrected chi connectivity index (χ0v) is 11.4. The van der Waals surface area contributed by atoms with Crippen LogP contribution in [0.1, 0.15) is 12.6 Å². The number of aromatic nitrogens is 4. The van der Waals surface area contributed by atoms with Gasteiger partial charge in [0, 0.05) is 13.5 Å². The number of anilines is 1. The van der Waals surface area contributed by atoms with Crippen molar-refractivity contribution in [1.82, 2.24) is 19.5 Å². The fraction of sp³-hybridized carbons (Fsp3) is 0.545. The van der Waals surface area contributed by atoms with Crippen LogP contribution in [0.3, 0.4) is 0 Å². The normalized spacial score (nSPS) is 26.3. The van der Waals surface area contributed by atoms with E-state index in [0.717, 1.165) is 0 Å². The van der Waals surface area contributed by atoms with Gasteiger partial charge in [-0.2, -0.15) is 9.97 Å². The molecule has 3 N–H and O–H groups in total. The molecule has 0 aromatic carbocycles. The number of hydrogen-bond acceptors (Lipinski definition) is 7. The summed E-state index contributed by atoms with van der Waals surface area (Å²) in [5.74, 6) is 0.524. The fourth-order valence-electron chi connectivity index (χ4n) is 2.33. The van der Waals surface area contributed by atoms with E-state index >= 15 is 0 Å². The van der Waals surface area contributed by atoms with Crippen LogP contribution in [0, 0.1) is 0 Å². The zero-order chi connectivity index (χ0) is 14.3. The maximum atomic E-state index is 9.80. The number of nitrogens with one attached hydrogen (secondary N) is 1. The molecule has 0 unspecified atom stereocenters. The minimum absolute atomic E-state index is 0.0980. The van der Waals surface area contributed by atoms with Gasteiger partial charge in [0.15, 0.2) is 17.0 Å². The number of nitrogens with zero attached hydrogens (tertiary/aromatic N) is 4. The summed E-state index contributed by atoms with van der Waals surface area (Å²) in [5, 5.41) is 21.9. The van der Waals surface area contributed by atoms with E-state index in [1.807, 2.05) is 0 Å². The van der Waals surface area contributed by atoms with Gasteiger partial charge < -0.3 is 20.3 Å². The highest BCUT2D eigenvalue weighted by molar-refractivity contribution is 6.28. The molecular formula is C11H14ClN5O3. The van der Waals surface area contributed by atoms with Crippen molar-refractivity contribution >= 4 is 28.6 Å². The molecule has 3 atom stereocenters. The number of aliphatic hydroxyl groups is 2. The van der Waals surface area contributed by atoms with Gasteiger partial charge in [-0.05, 0) is 11.6 Å². The van der Waals surface area contributed by atoms with Crippen LogP contribution in [-0.4, -0.2) is 55.6 Å². The van der Waals surface area contributed by atoms with Crippen molar-refractivity contribution in [2.45, 2.75) is 24.9 Å². The van der Waals surface area contributed by atoms with E-state index < -0.39 is 18.4 Å². The minimum Gasteiger partial charge on any atom is -0.394 e. The molecule has 8 nitrogen and oxygen atoms in total. The van der Waals surface area contributed by atoms with E-state index in [1.165, 1.54) is 0 Å². The van der Waals surface area contributed by atoms with Crippen molar-refractivity contribution in [3.8, 4) is 0 Å². The molecule has 0 aliphatic carbocycles. The molecule has 3 heterocycles. The Hall–Kier alpha value is -1.48. The first-order chi connectivity index (χ1) is 9.63. The second-order valence-electron chi connectivity index (χ2n) is 4.53. The molecule has 0 spiro atoms. The first kappa shape index (κ1) is 13.5. The fourth-order valence-corrected chi connectivity index (χ4v) is 2.49. The maximum absolute atomic E-state index is 9.80. The van der Waals surface area contributed by atoms with E-state index in [1.54, 1.807) is 17.9 Å². The molecule has 9 heteroatoms. The predicted octanol–water partition coefficient (Wildman–Crippen LogP) is 0.162. The van der Waals surface area contributed by atoms with Gasteiger partial charge in [0.05, 0.1) is 19.0 Å². The Labute approximate surface area is 119 Å². The molecule has 0 radical (unpaired) electrons. The number of ether oxygens (including phenoxy) is 1. The topological polar surface area (TPSA) is 105 Å². The van der Waals surface area contributed by atoms with Crippen LogP contribution in [0.5, 0.6) is 0 Å². The highest BCUT2D eigenvalue weighted by Crippen LogP contribution is 2.32. The molecule has 1 fully saturated rings. The van der Waals surface area contributed by atoms with Crippen molar-refractivity contribution in [1.29, 1.82) is 0 Å². The van der Waals surface area contributed by atoms with E-state index in [-0.39, 0.29) is 11.9 Å². The molecule has 0 saturated carbocycles. The Bertz CT molecular complexity index is 634.